The second-order valence-electron chi connectivity index (χ2n) is 7.08. The molecule has 0 saturated carbocycles. The summed E-state index contributed by atoms with van der Waals surface area (Å²) in [5.74, 6) is -0.0721. The van der Waals surface area contributed by atoms with E-state index in [4.69, 9.17) is 0 Å². The highest BCUT2D eigenvalue weighted by Gasteiger charge is 2.31. The van der Waals surface area contributed by atoms with Crippen LogP contribution < -0.4 is 0 Å². The molecule has 1 aromatic heterocycles. The fraction of sp³-hybridized carbons (Fsp3) is 0.556. The summed E-state index contributed by atoms with van der Waals surface area (Å²) in [6, 6.07) is 3.45. The third-order valence-corrected chi connectivity index (χ3v) is 7.14. The number of benzene rings is 1. The number of alkyl halides is 3. The van der Waals surface area contributed by atoms with Crippen LogP contribution in [-0.2, 0) is 27.5 Å². The molecule has 3 rings (SSSR count). The molecule has 1 aliphatic heterocycles. The molecule has 0 radical (unpaired) electrons. The summed E-state index contributed by atoms with van der Waals surface area (Å²) in [5.41, 5.74) is 0.111. The maximum atomic E-state index is 13.1. The van der Waals surface area contributed by atoms with Crippen molar-refractivity contribution in [3.05, 3.63) is 23.8 Å². The van der Waals surface area contributed by atoms with Crippen molar-refractivity contribution in [3.63, 3.8) is 0 Å². The number of amides is 1. The summed E-state index contributed by atoms with van der Waals surface area (Å²) in [6.45, 7) is 3.54. The van der Waals surface area contributed by atoms with E-state index in [9.17, 15) is 26.4 Å². The molecule has 0 bridgehead atoms. The zero-order chi connectivity index (χ0) is 22.1. The highest BCUT2D eigenvalue weighted by atomic mass is 32.2. The van der Waals surface area contributed by atoms with Gasteiger partial charge in [-0.15, -0.1) is 0 Å². The van der Waals surface area contributed by atoms with Crippen molar-refractivity contribution >= 4 is 38.7 Å². The molecule has 0 aliphatic carbocycles. The van der Waals surface area contributed by atoms with Gasteiger partial charge in [-0.1, -0.05) is 18.7 Å². The average Bonchev–Trinajstić information content (AvgIpc) is 3.02. The second kappa shape index (κ2) is 8.75. The third kappa shape index (κ3) is 5.09. The van der Waals surface area contributed by atoms with E-state index in [-0.39, 0.29) is 24.7 Å². The molecule has 2 aromatic rings. The number of fused-ring (bicyclic) bond motifs is 1. The lowest BCUT2D eigenvalue weighted by Gasteiger charge is -2.33. The number of nitrogens with zero attached hydrogens (tertiary/aromatic N) is 4. The first-order valence-electron chi connectivity index (χ1n) is 9.44. The van der Waals surface area contributed by atoms with E-state index < -0.39 is 21.8 Å². The Kier molecular flexibility index (Phi) is 6.68. The minimum absolute atomic E-state index is 0.0814. The van der Waals surface area contributed by atoms with E-state index >= 15 is 0 Å². The Morgan fingerprint density at radius 2 is 1.87 bits per heavy atom. The fourth-order valence-electron chi connectivity index (χ4n) is 3.31. The number of imidazole rings is 1. The molecular weight excluding hydrogens is 441 g/mol. The molecule has 2 heterocycles. The van der Waals surface area contributed by atoms with Crippen LogP contribution >= 0.6 is 11.8 Å². The molecule has 30 heavy (non-hydrogen) atoms. The zero-order valence-electron chi connectivity index (χ0n) is 16.6. The first-order chi connectivity index (χ1) is 14.0. The molecule has 1 aliphatic rings. The number of carbonyl (C=O) groups is 1. The standard InChI is InChI=1S/C18H23F3N4O3S2/c1-3-6-25-15-11-13(18(19,20)21)4-5-14(15)22-17(25)29-12-16(26)23-7-9-24(10-8-23)30(2,27)28/h4-5,11H,3,6-10,12H2,1-2H3. The molecule has 12 heteroatoms. The number of hydrogen-bond donors (Lipinski definition) is 0. The van der Waals surface area contributed by atoms with Crippen LogP contribution in [-0.4, -0.2) is 71.3 Å². The lowest BCUT2D eigenvalue weighted by molar-refractivity contribution is -0.137. The highest BCUT2D eigenvalue weighted by molar-refractivity contribution is 7.99. The number of piperazine rings is 1. The number of aryl methyl sites for hydroxylation is 1. The normalized spacial score (nSPS) is 16.4. The Hall–Kier alpha value is -1.79. The Balaban J connectivity index is 1.72. The smallest absolute Gasteiger partial charge is 0.339 e. The van der Waals surface area contributed by atoms with E-state index in [0.29, 0.717) is 42.2 Å². The Morgan fingerprint density at radius 3 is 2.43 bits per heavy atom. The van der Waals surface area contributed by atoms with Gasteiger partial charge in [0, 0.05) is 32.7 Å². The van der Waals surface area contributed by atoms with Gasteiger partial charge < -0.3 is 9.47 Å². The van der Waals surface area contributed by atoms with Gasteiger partial charge in [-0.2, -0.15) is 17.5 Å². The summed E-state index contributed by atoms with van der Waals surface area (Å²) in [5, 5.41) is 0.495. The fourth-order valence-corrected chi connectivity index (χ4v) is 5.08. The van der Waals surface area contributed by atoms with Gasteiger partial charge >= 0.3 is 6.18 Å². The zero-order valence-corrected chi connectivity index (χ0v) is 18.3. The van der Waals surface area contributed by atoms with Crippen molar-refractivity contribution in [2.45, 2.75) is 31.2 Å². The predicted molar refractivity (Wildman–Crippen MR) is 109 cm³/mol. The number of carbonyl (C=O) groups excluding carboxylic acids is 1. The van der Waals surface area contributed by atoms with Crippen LogP contribution in [0.1, 0.15) is 18.9 Å². The van der Waals surface area contributed by atoms with Crippen molar-refractivity contribution in [3.8, 4) is 0 Å². The van der Waals surface area contributed by atoms with E-state index in [2.05, 4.69) is 4.98 Å². The van der Waals surface area contributed by atoms with Gasteiger partial charge in [0.25, 0.3) is 0 Å². The Morgan fingerprint density at radius 1 is 1.20 bits per heavy atom. The Bertz CT molecular complexity index is 1030. The lowest BCUT2D eigenvalue weighted by atomic mass is 10.2. The maximum absolute atomic E-state index is 13.1. The van der Waals surface area contributed by atoms with Gasteiger partial charge in [0.05, 0.1) is 28.6 Å². The van der Waals surface area contributed by atoms with Crippen molar-refractivity contribution in [2.24, 2.45) is 0 Å². The van der Waals surface area contributed by atoms with E-state index in [1.807, 2.05) is 6.92 Å². The minimum atomic E-state index is -4.44. The van der Waals surface area contributed by atoms with Crippen molar-refractivity contribution in [1.29, 1.82) is 0 Å². The van der Waals surface area contributed by atoms with Crippen molar-refractivity contribution in [1.82, 2.24) is 18.8 Å². The Labute approximate surface area is 177 Å². The summed E-state index contributed by atoms with van der Waals surface area (Å²) < 4.78 is 65.4. The number of hydrogen-bond acceptors (Lipinski definition) is 5. The largest absolute Gasteiger partial charge is 0.416 e. The van der Waals surface area contributed by atoms with Crippen LogP contribution in [0.3, 0.4) is 0 Å². The third-order valence-electron chi connectivity index (χ3n) is 4.87. The molecule has 7 nitrogen and oxygen atoms in total. The molecule has 1 fully saturated rings. The number of thioether (sulfide) groups is 1. The van der Waals surface area contributed by atoms with E-state index in [0.717, 1.165) is 18.4 Å². The molecular formula is C18H23F3N4O3S2. The van der Waals surface area contributed by atoms with Crippen LogP contribution in [0, 0.1) is 0 Å². The van der Waals surface area contributed by atoms with Crippen molar-refractivity contribution in [2.75, 3.05) is 38.2 Å². The highest BCUT2D eigenvalue weighted by Crippen LogP contribution is 2.33. The minimum Gasteiger partial charge on any atom is -0.339 e. The van der Waals surface area contributed by atoms with Crippen LogP contribution in [0.25, 0.3) is 11.0 Å². The van der Waals surface area contributed by atoms with Gasteiger partial charge in [0.15, 0.2) is 5.16 Å². The van der Waals surface area contributed by atoms with E-state index in [1.54, 1.807) is 9.47 Å². The van der Waals surface area contributed by atoms with Crippen LogP contribution in [0.2, 0.25) is 0 Å². The van der Waals surface area contributed by atoms with Gasteiger partial charge in [-0.05, 0) is 24.6 Å². The maximum Gasteiger partial charge on any atom is 0.416 e. The van der Waals surface area contributed by atoms with E-state index in [1.165, 1.54) is 22.1 Å². The molecule has 0 atom stereocenters. The number of aromatic nitrogens is 2. The second-order valence-corrected chi connectivity index (χ2v) is 10.0. The molecule has 1 amide bonds. The monoisotopic (exact) mass is 464 g/mol. The van der Waals surface area contributed by atoms with Crippen LogP contribution in [0.5, 0.6) is 0 Å². The topological polar surface area (TPSA) is 75.5 Å². The van der Waals surface area contributed by atoms with Gasteiger partial charge in [0.2, 0.25) is 15.9 Å². The van der Waals surface area contributed by atoms with Gasteiger partial charge in [0.1, 0.15) is 0 Å². The number of sulfonamides is 1. The summed E-state index contributed by atoms with van der Waals surface area (Å²) in [6.07, 6.45) is -2.59. The van der Waals surface area contributed by atoms with Crippen LogP contribution in [0.15, 0.2) is 23.4 Å². The first kappa shape index (κ1) is 22.9. The number of halogens is 3. The summed E-state index contributed by atoms with van der Waals surface area (Å²) in [4.78, 5) is 18.6. The summed E-state index contributed by atoms with van der Waals surface area (Å²) in [7, 11) is -3.27. The molecule has 1 saturated heterocycles. The van der Waals surface area contributed by atoms with Gasteiger partial charge in [-0.25, -0.2) is 13.4 Å². The molecule has 166 valence electrons. The van der Waals surface area contributed by atoms with Gasteiger partial charge in [-0.3, -0.25) is 4.79 Å². The molecule has 0 spiro atoms. The molecule has 0 N–H and O–H groups in total. The van der Waals surface area contributed by atoms with Crippen LogP contribution in [0.4, 0.5) is 13.2 Å². The quantitative estimate of drug-likeness (QED) is 0.615. The van der Waals surface area contributed by atoms with Crippen molar-refractivity contribution < 1.29 is 26.4 Å². The average molecular weight is 465 g/mol. The number of rotatable bonds is 6. The SMILES string of the molecule is CCCn1c(SCC(=O)N2CCN(S(C)(=O)=O)CC2)nc2ccc(C(F)(F)F)cc21. The first-order valence-corrected chi connectivity index (χ1v) is 12.3. The summed E-state index contributed by atoms with van der Waals surface area (Å²) >= 11 is 1.18. The predicted octanol–water partition coefficient (Wildman–Crippen LogP) is 2.66. The molecule has 0 unspecified atom stereocenters. The lowest BCUT2D eigenvalue weighted by Crippen LogP contribution is -2.50. The molecule has 1 aromatic carbocycles.